The second-order valence-corrected chi connectivity index (χ2v) is 5.78. The minimum atomic E-state index is 0.528. The average Bonchev–Trinajstić information content (AvgIpc) is 2.17. The Morgan fingerprint density at radius 2 is 2.27 bits per heavy atom. The summed E-state index contributed by atoms with van der Waals surface area (Å²) in [6.45, 7) is 1.96. The van der Waals surface area contributed by atoms with Crippen LogP contribution in [0.3, 0.4) is 0 Å². The second-order valence-electron chi connectivity index (χ2n) is 3.64. The molecule has 0 radical (unpaired) electrons. The molecule has 1 aliphatic rings. The first-order valence-electron chi connectivity index (χ1n) is 4.87. The van der Waals surface area contributed by atoms with E-state index in [1.165, 1.54) is 6.42 Å². The molecule has 2 heterocycles. The van der Waals surface area contributed by atoms with Gasteiger partial charge in [-0.25, -0.2) is 4.98 Å². The van der Waals surface area contributed by atoms with Gasteiger partial charge in [0.25, 0.3) is 0 Å². The van der Waals surface area contributed by atoms with Crippen LogP contribution in [-0.4, -0.2) is 22.9 Å². The fourth-order valence-corrected chi connectivity index (χ4v) is 2.93. The average molecular weight is 310 g/mol. The van der Waals surface area contributed by atoms with E-state index in [0.29, 0.717) is 14.9 Å². The van der Waals surface area contributed by atoms with Crippen molar-refractivity contribution in [2.45, 2.75) is 17.7 Å². The summed E-state index contributed by atoms with van der Waals surface area (Å²) >= 11 is 15.5. The fraction of sp³-hybridized carbons (Fsp3) is 0.500. The van der Waals surface area contributed by atoms with Crippen molar-refractivity contribution in [2.75, 3.05) is 18.0 Å². The van der Waals surface area contributed by atoms with Crippen LogP contribution in [0.15, 0.2) is 12.3 Å². The van der Waals surface area contributed by atoms with E-state index < -0.39 is 0 Å². The first kappa shape index (κ1) is 11.5. The predicted octanol–water partition coefficient (Wildman–Crippen LogP) is 3.75. The third-order valence-electron chi connectivity index (χ3n) is 2.45. The highest BCUT2D eigenvalue weighted by molar-refractivity contribution is 9.09. The highest BCUT2D eigenvalue weighted by Gasteiger charge is 2.20. The molecule has 1 saturated heterocycles. The van der Waals surface area contributed by atoms with Crippen LogP contribution in [0.4, 0.5) is 5.82 Å². The van der Waals surface area contributed by atoms with Gasteiger partial charge in [-0.1, -0.05) is 39.1 Å². The first-order valence-corrected chi connectivity index (χ1v) is 6.54. The van der Waals surface area contributed by atoms with Crippen molar-refractivity contribution in [1.82, 2.24) is 4.98 Å². The summed E-state index contributed by atoms with van der Waals surface area (Å²) in [6, 6.07) is 1.74. The van der Waals surface area contributed by atoms with Gasteiger partial charge >= 0.3 is 0 Å². The Bertz CT molecular complexity index is 359. The van der Waals surface area contributed by atoms with E-state index >= 15 is 0 Å². The molecule has 1 aromatic heterocycles. The SMILES string of the molecule is Clc1cnc(N2CCCC(Br)C2)c(Cl)c1. The molecular formula is C10H11BrCl2N2. The van der Waals surface area contributed by atoms with Crippen molar-refractivity contribution in [2.24, 2.45) is 0 Å². The molecule has 82 valence electrons. The molecule has 2 nitrogen and oxygen atoms in total. The summed E-state index contributed by atoms with van der Waals surface area (Å²) in [5.41, 5.74) is 0. The van der Waals surface area contributed by atoms with Crippen LogP contribution in [0.5, 0.6) is 0 Å². The number of hydrogen-bond donors (Lipinski definition) is 0. The van der Waals surface area contributed by atoms with E-state index in [1.54, 1.807) is 12.3 Å². The summed E-state index contributed by atoms with van der Waals surface area (Å²) in [7, 11) is 0. The lowest BCUT2D eigenvalue weighted by Gasteiger charge is -2.31. The van der Waals surface area contributed by atoms with Gasteiger partial charge in [0.1, 0.15) is 5.82 Å². The zero-order chi connectivity index (χ0) is 10.8. The number of pyridine rings is 1. The number of aromatic nitrogens is 1. The Morgan fingerprint density at radius 1 is 1.47 bits per heavy atom. The largest absolute Gasteiger partial charge is 0.354 e. The Morgan fingerprint density at radius 3 is 2.93 bits per heavy atom. The van der Waals surface area contributed by atoms with Gasteiger partial charge in [-0.2, -0.15) is 0 Å². The lowest BCUT2D eigenvalue weighted by Crippen LogP contribution is -2.36. The summed E-state index contributed by atoms with van der Waals surface area (Å²) in [5.74, 6) is 0.838. The van der Waals surface area contributed by atoms with Gasteiger partial charge < -0.3 is 4.90 Å². The monoisotopic (exact) mass is 308 g/mol. The Labute approximate surface area is 108 Å². The van der Waals surface area contributed by atoms with Crippen molar-refractivity contribution >= 4 is 44.9 Å². The predicted molar refractivity (Wildman–Crippen MR) is 68.4 cm³/mol. The number of hydrogen-bond acceptors (Lipinski definition) is 2. The van der Waals surface area contributed by atoms with Gasteiger partial charge in [0, 0.05) is 24.1 Å². The van der Waals surface area contributed by atoms with E-state index in [2.05, 4.69) is 25.8 Å². The molecular weight excluding hydrogens is 299 g/mol. The number of piperidine rings is 1. The Hall–Kier alpha value is 0.01000. The molecule has 5 heteroatoms. The summed E-state index contributed by atoms with van der Waals surface area (Å²) in [6.07, 6.45) is 4.01. The third-order valence-corrected chi connectivity index (χ3v) is 3.68. The van der Waals surface area contributed by atoms with Gasteiger partial charge in [0.15, 0.2) is 0 Å². The van der Waals surface area contributed by atoms with Gasteiger partial charge in [-0.3, -0.25) is 0 Å². The van der Waals surface area contributed by atoms with Crippen LogP contribution in [0.1, 0.15) is 12.8 Å². The number of rotatable bonds is 1. The second kappa shape index (κ2) is 4.89. The summed E-state index contributed by atoms with van der Waals surface area (Å²) in [5, 5.41) is 1.21. The first-order chi connectivity index (χ1) is 7.16. The van der Waals surface area contributed by atoms with Gasteiger partial charge in [0.2, 0.25) is 0 Å². The van der Waals surface area contributed by atoms with Gasteiger partial charge in [0.05, 0.1) is 10.0 Å². The quantitative estimate of drug-likeness (QED) is 0.734. The molecule has 0 N–H and O–H groups in total. The van der Waals surface area contributed by atoms with E-state index in [1.807, 2.05) is 0 Å². The van der Waals surface area contributed by atoms with Gasteiger partial charge in [-0.05, 0) is 18.9 Å². The molecule has 1 aliphatic heterocycles. The molecule has 0 amide bonds. The molecule has 0 aromatic carbocycles. The molecule has 0 bridgehead atoms. The number of nitrogens with zero attached hydrogens (tertiary/aromatic N) is 2. The molecule has 1 fully saturated rings. The lowest BCUT2D eigenvalue weighted by molar-refractivity contribution is 0.591. The Balaban J connectivity index is 2.21. The smallest absolute Gasteiger partial charge is 0.147 e. The summed E-state index contributed by atoms with van der Waals surface area (Å²) in [4.78, 5) is 7.00. The van der Waals surface area contributed by atoms with Gasteiger partial charge in [-0.15, -0.1) is 0 Å². The minimum Gasteiger partial charge on any atom is -0.354 e. The third kappa shape index (κ3) is 2.77. The van der Waals surface area contributed by atoms with Crippen LogP contribution < -0.4 is 4.90 Å². The zero-order valence-electron chi connectivity index (χ0n) is 8.09. The molecule has 15 heavy (non-hydrogen) atoms. The van der Waals surface area contributed by atoms with E-state index in [0.717, 1.165) is 25.3 Å². The maximum Gasteiger partial charge on any atom is 0.147 e. The molecule has 1 atom stereocenters. The molecule has 0 aliphatic carbocycles. The highest BCUT2D eigenvalue weighted by atomic mass is 79.9. The normalized spacial score (nSPS) is 21.8. The van der Waals surface area contributed by atoms with Crippen molar-refractivity contribution in [3.8, 4) is 0 Å². The molecule has 2 rings (SSSR count). The molecule has 0 spiro atoms. The lowest BCUT2D eigenvalue weighted by atomic mass is 10.1. The van der Waals surface area contributed by atoms with Crippen LogP contribution in [-0.2, 0) is 0 Å². The summed E-state index contributed by atoms with van der Waals surface area (Å²) < 4.78 is 0. The number of anilines is 1. The topological polar surface area (TPSA) is 16.1 Å². The van der Waals surface area contributed by atoms with Crippen molar-refractivity contribution in [1.29, 1.82) is 0 Å². The van der Waals surface area contributed by atoms with Crippen LogP contribution in [0, 0.1) is 0 Å². The molecule has 1 unspecified atom stereocenters. The Kier molecular flexibility index (Phi) is 3.75. The van der Waals surface area contributed by atoms with Crippen molar-refractivity contribution in [3.63, 3.8) is 0 Å². The molecule has 1 aromatic rings. The van der Waals surface area contributed by atoms with Crippen molar-refractivity contribution < 1.29 is 0 Å². The fourth-order valence-electron chi connectivity index (χ4n) is 1.76. The van der Waals surface area contributed by atoms with E-state index in [4.69, 9.17) is 23.2 Å². The van der Waals surface area contributed by atoms with Crippen LogP contribution in [0.25, 0.3) is 0 Å². The van der Waals surface area contributed by atoms with E-state index in [-0.39, 0.29) is 0 Å². The maximum absolute atomic E-state index is 6.11. The molecule has 0 saturated carbocycles. The van der Waals surface area contributed by atoms with Crippen molar-refractivity contribution in [3.05, 3.63) is 22.3 Å². The van der Waals surface area contributed by atoms with E-state index in [9.17, 15) is 0 Å². The number of alkyl halides is 1. The maximum atomic E-state index is 6.11. The number of halogens is 3. The minimum absolute atomic E-state index is 0.528. The standard InChI is InChI=1S/C10H11BrCl2N2/c11-7-2-1-3-15(6-7)10-9(13)4-8(12)5-14-10/h4-5,7H,1-3,6H2. The van der Waals surface area contributed by atoms with Crippen LogP contribution >= 0.6 is 39.1 Å². The highest BCUT2D eigenvalue weighted by Crippen LogP contribution is 2.29. The van der Waals surface area contributed by atoms with Crippen LogP contribution in [0.2, 0.25) is 10.0 Å². The zero-order valence-corrected chi connectivity index (χ0v) is 11.2.